The van der Waals surface area contributed by atoms with Crippen LogP contribution in [0.1, 0.15) is 48.6 Å². The maximum atomic E-state index is 4.06. The molecule has 1 saturated carbocycles. The van der Waals surface area contributed by atoms with Gasteiger partial charge in [0.15, 0.2) is 0 Å². The van der Waals surface area contributed by atoms with Crippen molar-refractivity contribution in [3.63, 3.8) is 0 Å². The Bertz CT molecular complexity index is 251. The summed E-state index contributed by atoms with van der Waals surface area (Å²) in [7, 11) is 0. The normalized spacial score (nSPS) is 19.8. The summed E-state index contributed by atoms with van der Waals surface area (Å²) in [6.45, 7) is 2.08. The van der Waals surface area contributed by atoms with E-state index in [1.165, 1.54) is 37.0 Å². The van der Waals surface area contributed by atoms with E-state index in [2.05, 4.69) is 16.5 Å². The number of hydrogen-bond acceptors (Lipinski definition) is 3. The molecule has 1 aromatic rings. The Morgan fingerprint density at radius 1 is 1.25 bits per heavy atom. The molecular weight excluding hydrogens is 168 g/mol. The fourth-order valence-electron chi connectivity index (χ4n) is 1.98. The van der Waals surface area contributed by atoms with Crippen molar-refractivity contribution in [3.8, 4) is 0 Å². The second-order valence-corrected chi connectivity index (χ2v) is 4.34. The van der Waals surface area contributed by atoms with Crippen molar-refractivity contribution in [3.05, 3.63) is 10.6 Å². The van der Waals surface area contributed by atoms with Crippen LogP contribution in [0.5, 0.6) is 0 Å². The van der Waals surface area contributed by atoms with Crippen LogP contribution in [-0.4, -0.2) is 9.59 Å². The minimum absolute atomic E-state index is 0.777. The maximum Gasteiger partial charge on any atom is 0.0759 e. The second-order valence-electron chi connectivity index (χ2n) is 3.56. The molecule has 0 atom stereocenters. The summed E-state index contributed by atoms with van der Waals surface area (Å²) >= 11 is 1.59. The van der Waals surface area contributed by atoms with Gasteiger partial charge in [-0.05, 0) is 37.2 Å². The van der Waals surface area contributed by atoms with E-state index >= 15 is 0 Å². The molecule has 0 amide bonds. The van der Waals surface area contributed by atoms with Crippen LogP contribution in [0.2, 0.25) is 0 Å². The molecule has 0 saturated heterocycles. The summed E-state index contributed by atoms with van der Waals surface area (Å²) < 4.78 is 3.99. The average molecular weight is 182 g/mol. The molecule has 0 radical (unpaired) electrons. The molecule has 1 aliphatic rings. The van der Waals surface area contributed by atoms with Gasteiger partial charge in [0.25, 0.3) is 0 Å². The van der Waals surface area contributed by atoms with Gasteiger partial charge in [-0.2, -0.15) is 0 Å². The zero-order valence-electron chi connectivity index (χ0n) is 7.42. The van der Waals surface area contributed by atoms with Gasteiger partial charge in [0.2, 0.25) is 0 Å². The van der Waals surface area contributed by atoms with E-state index in [1.54, 1.807) is 11.5 Å². The van der Waals surface area contributed by atoms with Crippen molar-refractivity contribution in [2.75, 3.05) is 0 Å². The van der Waals surface area contributed by atoms with Crippen molar-refractivity contribution in [2.24, 2.45) is 0 Å². The Hall–Kier alpha value is -0.440. The summed E-state index contributed by atoms with van der Waals surface area (Å²) in [5.41, 5.74) is 1.16. The third-order valence-electron chi connectivity index (χ3n) is 2.66. The van der Waals surface area contributed by atoms with Crippen LogP contribution in [0.3, 0.4) is 0 Å². The minimum Gasteiger partial charge on any atom is -0.143 e. The number of aryl methyl sites for hydroxylation is 1. The lowest BCUT2D eigenvalue weighted by atomic mass is 9.88. The van der Waals surface area contributed by atoms with E-state index in [-0.39, 0.29) is 0 Å². The predicted molar refractivity (Wildman–Crippen MR) is 50.5 cm³/mol. The quantitative estimate of drug-likeness (QED) is 0.667. The van der Waals surface area contributed by atoms with Gasteiger partial charge >= 0.3 is 0 Å². The van der Waals surface area contributed by atoms with Crippen LogP contribution in [0.25, 0.3) is 0 Å². The zero-order valence-corrected chi connectivity index (χ0v) is 8.23. The first-order valence-electron chi connectivity index (χ1n) is 4.67. The molecule has 0 bridgehead atoms. The van der Waals surface area contributed by atoms with Crippen LogP contribution < -0.4 is 0 Å². The van der Waals surface area contributed by atoms with Gasteiger partial charge in [-0.25, -0.2) is 0 Å². The molecule has 0 spiro atoms. The number of nitrogens with zero attached hydrogens (tertiary/aromatic N) is 2. The van der Waals surface area contributed by atoms with E-state index in [0.29, 0.717) is 0 Å². The molecule has 2 rings (SSSR count). The van der Waals surface area contributed by atoms with Gasteiger partial charge in [0.05, 0.1) is 10.6 Å². The monoisotopic (exact) mass is 182 g/mol. The average Bonchev–Trinajstić information content (AvgIpc) is 2.53. The van der Waals surface area contributed by atoms with Crippen LogP contribution in [-0.2, 0) is 0 Å². The van der Waals surface area contributed by atoms with Gasteiger partial charge < -0.3 is 0 Å². The summed E-state index contributed by atoms with van der Waals surface area (Å²) in [6, 6.07) is 0. The SMILES string of the molecule is Cc1nnsc1C1CCCCC1. The largest absolute Gasteiger partial charge is 0.143 e. The molecule has 0 unspecified atom stereocenters. The highest BCUT2D eigenvalue weighted by atomic mass is 32.1. The molecular formula is C9H14N2S. The third kappa shape index (κ3) is 1.51. The topological polar surface area (TPSA) is 25.8 Å². The minimum atomic E-state index is 0.777. The summed E-state index contributed by atoms with van der Waals surface area (Å²) in [6.07, 6.45) is 6.90. The Kier molecular flexibility index (Phi) is 2.40. The van der Waals surface area contributed by atoms with Crippen LogP contribution in [0.4, 0.5) is 0 Å². The van der Waals surface area contributed by atoms with Crippen molar-refractivity contribution < 1.29 is 0 Å². The highest BCUT2D eigenvalue weighted by Crippen LogP contribution is 2.35. The van der Waals surface area contributed by atoms with Gasteiger partial charge in [0.1, 0.15) is 0 Å². The van der Waals surface area contributed by atoms with Gasteiger partial charge in [-0.3, -0.25) is 0 Å². The molecule has 0 aliphatic heterocycles. The van der Waals surface area contributed by atoms with Crippen LogP contribution >= 0.6 is 11.5 Å². The highest BCUT2D eigenvalue weighted by molar-refractivity contribution is 7.05. The Morgan fingerprint density at radius 2 is 2.00 bits per heavy atom. The Morgan fingerprint density at radius 3 is 2.58 bits per heavy atom. The zero-order chi connectivity index (χ0) is 8.39. The molecule has 1 heterocycles. The molecule has 0 N–H and O–H groups in total. The second kappa shape index (κ2) is 3.52. The lowest BCUT2D eigenvalue weighted by molar-refractivity contribution is 0.446. The molecule has 1 fully saturated rings. The summed E-state index contributed by atoms with van der Waals surface area (Å²) in [5.74, 6) is 0.777. The van der Waals surface area contributed by atoms with Crippen LogP contribution in [0, 0.1) is 6.92 Å². The van der Waals surface area contributed by atoms with Crippen molar-refractivity contribution >= 4 is 11.5 Å². The van der Waals surface area contributed by atoms with Gasteiger partial charge in [-0.1, -0.05) is 23.8 Å². The molecule has 1 aliphatic carbocycles. The van der Waals surface area contributed by atoms with E-state index < -0.39 is 0 Å². The number of aromatic nitrogens is 2. The molecule has 2 nitrogen and oxygen atoms in total. The first-order chi connectivity index (χ1) is 5.88. The Labute approximate surface area is 77.2 Å². The number of rotatable bonds is 1. The lowest BCUT2D eigenvalue weighted by Gasteiger charge is -2.19. The van der Waals surface area contributed by atoms with Crippen molar-refractivity contribution in [1.82, 2.24) is 9.59 Å². The van der Waals surface area contributed by atoms with Gasteiger partial charge in [0, 0.05) is 0 Å². The van der Waals surface area contributed by atoms with Crippen molar-refractivity contribution in [2.45, 2.75) is 44.9 Å². The Balaban J connectivity index is 2.13. The smallest absolute Gasteiger partial charge is 0.0759 e. The van der Waals surface area contributed by atoms with Gasteiger partial charge in [-0.15, -0.1) is 5.10 Å². The lowest BCUT2D eigenvalue weighted by Crippen LogP contribution is -2.03. The van der Waals surface area contributed by atoms with E-state index in [4.69, 9.17) is 0 Å². The van der Waals surface area contributed by atoms with E-state index in [0.717, 1.165) is 11.6 Å². The predicted octanol–water partition coefficient (Wildman–Crippen LogP) is 2.89. The van der Waals surface area contributed by atoms with E-state index in [1.807, 2.05) is 0 Å². The maximum absolute atomic E-state index is 4.06. The highest BCUT2D eigenvalue weighted by Gasteiger charge is 2.19. The molecule has 1 aromatic heterocycles. The first-order valence-corrected chi connectivity index (χ1v) is 5.44. The molecule has 0 aromatic carbocycles. The fraction of sp³-hybridized carbons (Fsp3) is 0.778. The standard InChI is InChI=1S/C9H14N2S/c1-7-9(12-11-10-7)8-5-3-2-4-6-8/h8H,2-6H2,1H3. The summed E-state index contributed by atoms with van der Waals surface area (Å²) in [4.78, 5) is 1.44. The third-order valence-corrected chi connectivity index (χ3v) is 3.65. The number of hydrogen-bond donors (Lipinski definition) is 0. The van der Waals surface area contributed by atoms with Crippen molar-refractivity contribution in [1.29, 1.82) is 0 Å². The first kappa shape index (κ1) is 8.17. The van der Waals surface area contributed by atoms with E-state index in [9.17, 15) is 0 Å². The molecule has 12 heavy (non-hydrogen) atoms. The molecule has 3 heteroatoms. The molecule has 66 valence electrons. The fourth-order valence-corrected chi connectivity index (χ4v) is 2.78. The summed E-state index contributed by atoms with van der Waals surface area (Å²) in [5, 5.41) is 4.06. The van der Waals surface area contributed by atoms with Crippen LogP contribution in [0.15, 0.2) is 0 Å².